The number of aryl methyl sites for hydroxylation is 1. The molecule has 27 heavy (non-hydrogen) atoms. The third kappa shape index (κ3) is 4.01. The van der Waals surface area contributed by atoms with E-state index in [0.717, 1.165) is 35.1 Å². The summed E-state index contributed by atoms with van der Waals surface area (Å²) in [6, 6.07) is 17.5. The number of aliphatic imine (C=N–C) groups is 1. The van der Waals surface area contributed by atoms with Crippen molar-refractivity contribution in [2.24, 2.45) is 4.99 Å². The first-order valence-electron chi connectivity index (χ1n) is 8.19. The maximum absolute atomic E-state index is 10.2. The Kier molecular flexibility index (Phi) is 5.18. The molecule has 0 saturated heterocycles. The Bertz CT molecular complexity index is 1160. The number of fused-ring (bicyclic) bond motifs is 1. The number of nitrogens with zero attached hydrogens (tertiary/aromatic N) is 2. The predicted octanol–water partition coefficient (Wildman–Crippen LogP) is 6.47. The van der Waals surface area contributed by atoms with Gasteiger partial charge in [-0.25, -0.2) is 4.98 Å². The van der Waals surface area contributed by atoms with Crippen LogP contribution >= 0.6 is 45.2 Å². The van der Waals surface area contributed by atoms with Crippen LogP contribution in [-0.2, 0) is 0 Å². The second-order valence-corrected chi connectivity index (χ2v) is 8.53. The van der Waals surface area contributed by atoms with Gasteiger partial charge in [0.1, 0.15) is 11.3 Å². The zero-order valence-corrected chi connectivity index (χ0v) is 18.6. The molecule has 0 aliphatic rings. The number of halogens is 2. The summed E-state index contributed by atoms with van der Waals surface area (Å²) in [6.07, 6.45) is 1.68. The van der Waals surface area contributed by atoms with Crippen LogP contribution in [0, 0.1) is 14.1 Å². The van der Waals surface area contributed by atoms with Crippen molar-refractivity contribution in [2.75, 3.05) is 0 Å². The van der Waals surface area contributed by atoms with E-state index in [1.54, 1.807) is 6.21 Å². The van der Waals surface area contributed by atoms with E-state index in [1.807, 2.05) is 61.5 Å². The van der Waals surface area contributed by atoms with Crippen molar-refractivity contribution < 1.29 is 9.52 Å². The van der Waals surface area contributed by atoms with Gasteiger partial charge in [0, 0.05) is 20.9 Å². The molecule has 6 heteroatoms. The largest absolute Gasteiger partial charge is 0.506 e. The van der Waals surface area contributed by atoms with Crippen molar-refractivity contribution in [1.29, 1.82) is 0 Å². The minimum absolute atomic E-state index is 0.248. The highest BCUT2D eigenvalue weighted by Crippen LogP contribution is 2.28. The molecule has 4 rings (SSSR count). The maximum atomic E-state index is 10.2. The molecule has 0 aliphatic heterocycles. The Labute approximate surface area is 183 Å². The molecule has 4 aromatic rings. The van der Waals surface area contributed by atoms with Crippen molar-refractivity contribution in [1.82, 2.24) is 4.98 Å². The number of hydrogen-bond donors (Lipinski definition) is 1. The molecule has 1 aromatic heterocycles. The molecule has 0 aliphatic carbocycles. The monoisotopic (exact) mass is 580 g/mol. The van der Waals surface area contributed by atoms with Crippen LogP contribution in [0.1, 0.15) is 11.1 Å². The van der Waals surface area contributed by atoms with Crippen LogP contribution in [0.4, 0.5) is 5.69 Å². The van der Waals surface area contributed by atoms with Crippen LogP contribution < -0.4 is 0 Å². The summed E-state index contributed by atoms with van der Waals surface area (Å²) in [5.74, 6) is 0.842. The van der Waals surface area contributed by atoms with Gasteiger partial charge in [-0.05, 0) is 106 Å². The lowest BCUT2D eigenvalue weighted by Gasteiger charge is -2.03. The Balaban J connectivity index is 1.60. The topological polar surface area (TPSA) is 58.6 Å². The summed E-state index contributed by atoms with van der Waals surface area (Å²) < 4.78 is 7.72. The van der Waals surface area contributed by atoms with E-state index in [4.69, 9.17) is 4.42 Å². The average Bonchev–Trinajstić information content (AvgIpc) is 3.07. The number of benzene rings is 3. The Morgan fingerprint density at radius 2 is 1.81 bits per heavy atom. The second-order valence-electron chi connectivity index (χ2n) is 6.12. The highest BCUT2D eigenvalue weighted by atomic mass is 127. The lowest BCUT2D eigenvalue weighted by molar-refractivity contribution is 0.470. The fourth-order valence-corrected chi connectivity index (χ4v) is 4.56. The molecule has 134 valence electrons. The van der Waals surface area contributed by atoms with Gasteiger partial charge in [0.15, 0.2) is 5.58 Å². The molecule has 1 N–H and O–H groups in total. The smallest absolute Gasteiger partial charge is 0.227 e. The summed E-state index contributed by atoms with van der Waals surface area (Å²) in [5.41, 5.74) is 5.17. The molecule has 4 nitrogen and oxygen atoms in total. The van der Waals surface area contributed by atoms with Crippen LogP contribution in [0.15, 0.2) is 64.0 Å². The Hall–Kier alpha value is -1.94. The van der Waals surface area contributed by atoms with Crippen molar-refractivity contribution in [3.63, 3.8) is 0 Å². The van der Waals surface area contributed by atoms with Gasteiger partial charge in [-0.3, -0.25) is 4.99 Å². The van der Waals surface area contributed by atoms with E-state index in [0.29, 0.717) is 11.5 Å². The van der Waals surface area contributed by atoms with Gasteiger partial charge in [0.05, 0.1) is 9.26 Å². The molecule has 1 heterocycles. The van der Waals surface area contributed by atoms with Crippen molar-refractivity contribution in [3.8, 4) is 17.2 Å². The van der Waals surface area contributed by atoms with Gasteiger partial charge >= 0.3 is 0 Å². The quantitative estimate of drug-likeness (QED) is 0.224. The molecular weight excluding hydrogens is 566 g/mol. The van der Waals surface area contributed by atoms with Crippen molar-refractivity contribution in [2.45, 2.75) is 6.92 Å². The Morgan fingerprint density at radius 3 is 2.59 bits per heavy atom. The third-order valence-corrected chi connectivity index (χ3v) is 5.51. The van der Waals surface area contributed by atoms with Gasteiger partial charge in [0.25, 0.3) is 0 Å². The number of aromatic hydroxyl groups is 1. The first kappa shape index (κ1) is 18.4. The van der Waals surface area contributed by atoms with Crippen LogP contribution in [-0.4, -0.2) is 16.3 Å². The van der Waals surface area contributed by atoms with Crippen molar-refractivity contribution >= 4 is 68.2 Å². The molecule has 0 amide bonds. The fraction of sp³-hybridized carbons (Fsp3) is 0.0476. The highest BCUT2D eigenvalue weighted by molar-refractivity contribution is 14.1. The van der Waals surface area contributed by atoms with Gasteiger partial charge in [-0.1, -0.05) is 6.07 Å². The summed E-state index contributed by atoms with van der Waals surface area (Å²) >= 11 is 4.34. The molecule has 0 atom stereocenters. The standard InChI is InChI=1S/C21H14I2N2O2/c1-12-2-7-18-19(8-12)27-21(25-18)13-3-5-16(6-4-13)24-11-14-9-15(22)10-17(23)20(14)26/h2-11,26H,1H3. The number of phenols is 1. The van der Waals surface area contributed by atoms with Gasteiger partial charge in [-0.15, -0.1) is 0 Å². The van der Waals surface area contributed by atoms with E-state index in [1.165, 1.54) is 0 Å². The fourth-order valence-electron chi connectivity index (χ4n) is 2.67. The van der Waals surface area contributed by atoms with Crippen LogP contribution in [0.5, 0.6) is 5.75 Å². The molecule has 0 radical (unpaired) electrons. The molecule has 0 fully saturated rings. The van der Waals surface area contributed by atoms with E-state index in [2.05, 4.69) is 55.2 Å². The SMILES string of the molecule is Cc1ccc2nc(-c3ccc(N=Cc4cc(I)cc(I)c4O)cc3)oc2c1. The van der Waals surface area contributed by atoms with E-state index in [9.17, 15) is 5.11 Å². The zero-order valence-electron chi connectivity index (χ0n) is 14.3. The van der Waals surface area contributed by atoms with E-state index >= 15 is 0 Å². The van der Waals surface area contributed by atoms with E-state index in [-0.39, 0.29) is 5.75 Å². The van der Waals surface area contributed by atoms with Crippen molar-refractivity contribution in [3.05, 3.63) is 72.9 Å². The lowest BCUT2D eigenvalue weighted by Crippen LogP contribution is -1.87. The third-order valence-electron chi connectivity index (χ3n) is 4.07. The predicted molar refractivity (Wildman–Crippen MR) is 125 cm³/mol. The minimum atomic E-state index is 0.248. The summed E-state index contributed by atoms with van der Waals surface area (Å²) in [4.78, 5) is 9.00. The molecular formula is C21H14I2N2O2. The summed E-state index contributed by atoms with van der Waals surface area (Å²) in [5, 5.41) is 10.2. The number of phenolic OH excluding ortho intramolecular Hbond substituents is 1. The second kappa shape index (κ2) is 7.59. The molecule has 0 bridgehead atoms. The lowest BCUT2D eigenvalue weighted by atomic mass is 10.2. The summed E-state index contributed by atoms with van der Waals surface area (Å²) in [6.45, 7) is 2.03. The molecule has 0 spiro atoms. The molecule has 0 unspecified atom stereocenters. The number of oxazole rings is 1. The van der Waals surface area contributed by atoms with Gasteiger partial charge in [0.2, 0.25) is 5.89 Å². The Morgan fingerprint density at radius 1 is 1.04 bits per heavy atom. The first-order chi connectivity index (χ1) is 13.0. The maximum Gasteiger partial charge on any atom is 0.227 e. The zero-order chi connectivity index (χ0) is 19.0. The van der Waals surface area contributed by atoms with Crippen LogP contribution in [0.3, 0.4) is 0 Å². The minimum Gasteiger partial charge on any atom is -0.506 e. The first-order valence-corrected chi connectivity index (χ1v) is 10.3. The average molecular weight is 580 g/mol. The van der Waals surface area contributed by atoms with Gasteiger partial charge < -0.3 is 9.52 Å². The van der Waals surface area contributed by atoms with Crippen LogP contribution in [0.25, 0.3) is 22.6 Å². The van der Waals surface area contributed by atoms with Gasteiger partial charge in [-0.2, -0.15) is 0 Å². The normalized spacial score (nSPS) is 11.5. The summed E-state index contributed by atoms with van der Waals surface area (Å²) in [7, 11) is 0. The molecule has 0 saturated carbocycles. The number of hydrogen-bond acceptors (Lipinski definition) is 4. The highest BCUT2D eigenvalue weighted by Gasteiger charge is 2.08. The molecule has 3 aromatic carbocycles. The van der Waals surface area contributed by atoms with E-state index < -0.39 is 0 Å². The van der Waals surface area contributed by atoms with Crippen LogP contribution in [0.2, 0.25) is 0 Å². The number of rotatable bonds is 3. The number of aromatic nitrogens is 1.